The maximum absolute atomic E-state index is 12.2. The van der Waals surface area contributed by atoms with Crippen LogP contribution in [0, 0.1) is 5.92 Å². The Labute approximate surface area is 126 Å². The fourth-order valence-corrected chi connectivity index (χ4v) is 2.66. The molecule has 0 aliphatic carbocycles. The lowest BCUT2D eigenvalue weighted by Gasteiger charge is -2.35. The van der Waals surface area contributed by atoms with Gasteiger partial charge in [0.15, 0.2) is 0 Å². The monoisotopic (exact) mass is 291 g/mol. The Hall–Kier alpha value is -1.62. The number of pyridine rings is 1. The minimum atomic E-state index is -0.128. The Bertz CT molecular complexity index is 470. The van der Waals surface area contributed by atoms with Gasteiger partial charge in [0.2, 0.25) is 5.88 Å². The lowest BCUT2D eigenvalue weighted by molar-refractivity contribution is 0.0918. The number of piperidine rings is 1. The number of methoxy groups -OCH3 is 1. The maximum atomic E-state index is 12.2. The first-order valence-corrected chi connectivity index (χ1v) is 7.63. The smallest absolute Gasteiger partial charge is 0.256 e. The van der Waals surface area contributed by atoms with E-state index in [1.165, 1.54) is 20.0 Å². The van der Waals surface area contributed by atoms with Crippen LogP contribution in [0.25, 0.3) is 0 Å². The minimum absolute atomic E-state index is 0.128. The number of nitrogens with zero attached hydrogens (tertiary/aromatic N) is 2. The average molecular weight is 291 g/mol. The van der Waals surface area contributed by atoms with E-state index in [9.17, 15) is 4.79 Å². The van der Waals surface area contributed by atoms with Gasteiger partial charge in [-0.05, 0) is 50.9 Å². The molecule has 116 valence electrons. The Morgan fingerprint density at radius 3 is 2.90 bits per heavy atom. The number of nitrogens with one attached hydrogen (secondary N) is 1. The second-order valence-electron chi connectivity index (χ2n) is 5.84. The zero-order chi connectivity index (χ0) is 15.2. The summed E-state index contributed by atoms with van der Waals surface area (Å²) in [4.78, 5) is 18.7. The fourth-order valence-electron chi connectivity index (χ4n) is 2.66. The van der Waals surface area contributed by atoms with Crippen LogP contribution in [-0.2, 0) is 0 Å². The van der Waals surface area contributed by atoms with E-state index in [1.807, 2.05) is 0 Å². The molecule has 0 bridgehead atoms. The Kier molecular flexibility index (Phi) is 5.56. The van der Waals surface area contributed by atoms with Gasteiger partial charge in [0.25, 0.3) is 5.91 Å². The molecule has 2 heterocycles. The number of hydrogen-bond donors (Lipinski definition) is 1. The van der Waals surface area contributed by atoms with Crippen molar-refractivity contribution in [2.24, 2.45) is 5.92 Å². The highest BCUT2D eigenvalue weighted by Crippen LogP contribution is 2.18. The van der Waals surface area contributed by atoms with Gasteiger partial charge in [-0.25, -0.2) is 4.98 Å². The van der Waals surface area contributed by atoms with Crippen LogP contribution in [0.15, 0.2) is 18.3 Å². The van der Waals surface area contributed by atoms with Gasteiger partial charge in [-0.1, -0.05) is 6.92 Å². The summed E-state index contributed by atoms with van der Waals surface area (Å²) in [5.74, 6) is 1.06. The summed E-state index contributed by atoms with van der Waals surface area (Å²) in [6, 6.07) is 3.82. The summed E-state index contributed by atoms with van der Waals surface area (Å²) in [7, 11) is 1.52. The van der Waals surface area contributed by atoms with Crippen LogP contribution in [-0.4, -0.2) is 48.6 Å². The second kappa shape index (κ2) is 7.41. The van der Waals surface area contributed by atoms with Crippen molar-refractivity contribution in [1.29, 1.82) is 0 Å². The zero-order valence-corrected chi connectivity index (χ0v) is 13.1. The van der Waals surface area contributed by atoms with Crippen LogP contribution < -0.4 is 10.1 Å². The van der Waals surface area contributed by atoms with E-state index in [-0.39, 0.29) is 5.91 Å². The molecule has 2 rings (SSSR count). The molecule has 1 saturated heterocycles. The van der Waals surface area contributed by atoms with Crippen LogP contribution >= 0.6 is 0 Å². The molecule has 0 spiro atoms. The van der Waals surface area contributed by atoms with Crippen LogP contribution in [0.5, 0.6) is 5.88 Å². The molecule has 1 amide bonds. The van der Waals surface area contributed by atoms with Gasteiger partial charge in [-0.3, -0.25) is 9.69 Å². The number of ether oxygens (including phenoxy) is 1. The topological polar surface area (TPSA) is 54.5 Å². The zero-order valence-electron chi connectivity index (χ0n) is 13.1. The highest BCUT2D eigenvalue weighted by molar-refractivity contribution is 5.96. The second-order valence-corrected chi connectivity index (χ2v) is 5.84. The summed E-state index contributed by atoms with van der Waals surface area (Å²) in [5.41, 5.74) is 0.486. The van der Waals surface area contributed by atoms with Gasteiger partial charge in [0.05, 0.1) is 7.11 Å². The SMILES string of the molecule is COc1ncccc1C(=O)NCC(C)N1CCC(C)CC1. The van der Waals surface area contributed by atoms with Crippen molar-refractivity contribution in [3.05, 3.63) is 23.9 Å². The summed E-state index contributed by atoms with van der Waals surface area (Å²) < 4.78 is 5.12. The Morgan fingerprint density at radius 1 is 1.52 bits per heavy atom. The summed E-state index contributed by atoms with van der Waals surface area (Å²) in [6.45, 7) is 7.35. The molecular formula is C16H25N3O2. The lowest BCUT2D eigenvalue weighted by atomic mass is 9.98. The van der Waals surface area contributed by atoms with E-state index < -0.39 is 0 Å². The number of rotatable bonds is 5. The third-order valence-corrected chi connectivity index (χ3v) is 4.21. The summed E-state index contributed by atoms with van der Waals surface area (Å²) in [5, 5.41) is 2.98. The minimum Gasteiger partial charge on any atom is -0.480 e. The third-order valence-electron chi connectivity index (χ3n) is 4.21. The van der Waals surface area contributed by atoms with E-state index in [4.69, 9.17) is 4.74 Å². The van der Waals surface area contributed by atoms with Crippen molar-refractivity contribution >= 4 is 5.91 Å². The first kappa shape index (κ1) is 15.8. The van der Waals surface area contributed by atoms with Gasteiger partial charge in [-0.15, -0.1) is 0 Å². The number of likely N-dealkylation sites (tertiary alicyclic amines) is 1. The summed E-state index contributed by atoms with van der Waals surface area (Å²) in [6.07, 6.45) is 4.11. The molecule has 0 radical (unpaired) electrons. The van der Waals surface area contributed by atoms with Gasteiger partial charge in [-0.2, -0.15) is 0 Å². The van der Waals surface area contributed by atoms with Gasteiger partial charge in [0, 0.05) is 18.8 Å². The molecule has 21 heavy (non-hydrogen) atoms. The van der Waals surface area contributed by atoms with Crippen molar-refractivity contribution < 1.29 is 9.53 Å². The molecule has 1 aliphatic rings. The standard InChI is InChI=1S/C16H25N3O2/c1-12-6-9-19(10-7-12)13(2)11-18-15(20)14-5-4-8-17-16(14)21-3/h4-5,8,12-13H,6-7,9-11H2,1-3H3,(H,18,20). The van der Waals surface area contributed by atoms with E-state index in [0.717, 1.165) is 19.0 Å². The number of carbonyl (C=O) groups excluding carboxylic acids is 1. The molecule has 1 N–H and O–H groups in total. The van der Waals surface area contributed by atoms with Crippen molar-refractivity contribution in [3.63, 3.8) is 0 Å². The molecule has 1 fully saturated rings. The lowest BCUT2D eigenvalue weighted by Crippen LogP contribution is -2.45. The fraction of sp³-hybridized carbons (Fsp3) is 0.625. The van der Waals surface area contributed by atoms with E-state index in [1.54, 1.807) is 18.3 Å². The highest BCUT2D eigenvalue weighted by Gasteiger charge is 2.21. The number of carbonyl (C=O) groups is 1. The third kappa shape index (κ3) is 4.17. The van der Waals surface area contributed by atoms with E-state index >= 15 is 0 Å². The number of amides is 1. The molecule has 0 saturated carbocycles. The molecule has 5 heteroatoms. The molecule has 1 atom stereocenters. The van der Waals surface area contributed by atoms with E-state index in [0.29, 0.717) is 24.0 Å². The van der Waals surface area contributed by atoms with Crippen LogP contribution in [0.2, 0.25) is 0 Å². The number of aromatic nitrogens is 1. The predicted molar refractivity (Wildman–Crippen MR) is 82.6 cm³/mol. The Morgan fingerprint density at radius 2 is 2.24 bits per heavy atom. The molecule has 1 unspecified atom stereocenters. The highest BCUT2D eigenvalue weighted by atomic mass is 16.5. The Balaban J connectivity index is 1.86. The van der Waals surface area contributed by atoms with E-state index in [2.05, 4.69) is 29.0 Å². The van der Waals surface area contributed by atoms with Crippen LogP contribution in [0.1, 0.15) is 37.0 Å². The largest absolute Gasteiger partial charge is 0.480 e. The molecule has 1 aromatic rings. The first-order valence-electron chi connectivity index (χ1n) is 7.63. The van der Waals surface area contributed by atoms with Gasteiger partial charge >= 0.3 is 0 Å². The van der Waals surface area contributed by atoms with Crippen molar-refractivity contribution in [2.75, 3.05) is 26.7 Å². The first-order chi connectivity index (χ1) is 10.1. The van der Waals surface area contributed by atoms with Crippen molar-refractivity contribution in [3.8, 4) is 5.88 Å². The molecule has 1 aromatic heterocycles. The molecule has 0 aromatic carbocycles. The molecular weight excluding hydrogens is 266 g/mol. The van der Waals surface area contributed by atoms with Crippen LogP contribution in [0.4, 0.5) is 0 Å². The molecule has 1 aliphatic heterocycles. The summed E-state index contributed by atoms with van der Waals surface area (Å²) >= 11 is 0. The molecule has 5 nitrogen and oxygen atoms in total. The average Bonchev–Trinajstić information content (AvgIpc) is 2.52. The normalized spacial score (nSPS) is 18.2. The maximum Gasteiger partial charge on any atom is 0.256 e. The van der Waals surface area contributed by atoms with Gasteiger partial charge < -0.3 is 10.1 Å². The van der Waals surface area contributed by atoms with Crippen molar-refractivity contribution in [1.82, 2.24) is 15.2 Å². The quantitative estimate of drug-likeness (QED) is 0.901. The number of hydrogen-bond acceptors (Lipinski definition) is 4. The van der Waals surface area contributed by atoms with Crippen LogP contribution in [0.3, 0.4) is 0 Å². The predicted octanol–water partition coefficient (Wildman–Crippen LogP) is 1.94. The van der Waals surface area contributed by atoms with Crippen molar-refractivity contribution in [2.45, 2.75) is 32.7 Å². The van der Waals surface area contributed by atoms with Gasteiger partial charge in [0.1, 0.15) is 5.56 Å².